The van der Waals surface area contributed by atoms with Gasteiger partial charge < -0.3 is 11.1 Å². The number of nitrogens with one attached hydrogen (secondary N) is 1. The van der Waals surface area contributed by atoms with Gasteiger partial charge in [-0.3, -0.25) is 4.79 Å². The number of anilines is 1. The van der Waals surface area contributed by atoms with Crippen LogP contribution >= 0.6 is 0 Å². The first kappa shape index (κ1) is 13.9. The minimum absolute atomic E-state index is 0.285. The van der Waals surface area contributed by atoms with Gasteiger partial charge in [-0.2, -0.15) is 0 Å². The van der Waals surface area contributed by atoms with E-state index in [0.29, 0.717) is 23.8 Å². The zero-order valence-corrected chi connectivity index (χ0v) is 12.1. The van der Waals surface area contributed by atoms with E-state index in [1.807, 2.05) is 24.3 Å². The van der Waals surface area contributed by atoms with Gasteiger partial charge in [0.1, 0.15) is 0 Å². The maximum Gasteiger partial charge on any atom is 0.221 e. The van der Waals surface area contributed by atoms with Gasteiger partial charge in [-0.15, -0.1) is 0 Å². The Morgan fingerprint density at radius 2 is 1.95 bits per heavy atom. The summed E-state index contributed by atoms with van der Waals surface area (Å²) in [6.07, 6.45) is 2.79. The fraction of sp³-hybridized carbons (Fsp3) is 0.562. The van der Waals surface area contributed by atoms with Gasteiger partial charge in [-0.05, 0) is 41.9 Å². The van der Waals surface area contributed by atoms with Gasteiger partial charge in [0.2, 0.25) is 5.91 Å². The van der Waals surface area contributed by atoms with Crippen LogP contribution in [0.5, 0.6) is 0 Å². The number of benzene rings is 1. The molecule has 104 valence electrons. The van der Waals surface area contributed by atoms with Crippen LogP contribution in [0.2, 0.25) is 0 Å². The van der Waals surface area contributed by atoms with E-state index in [1.165, 1.54) is 12.8 Å². The first-order chi connectivity index (χ1) is 8.85. The van der Waals surface area contributed by atoms with E-state index >= 15 is 0 Å². The van der Waals surface area contributed by atoms with E-state index in [2.05, 4.69) is 26.1 Å². The molecule has 0 unspecified atom stereocenters. The largest absolute Gasteiger partial charge is 0.382 e. The molecule has 0 aromatic heterocycles. The van der Waals surface area contributed by atoms with Gasteiger partial charge in [0.15, 0.2) is 0 Å². The molecule has 1 saturated carbocycles. The maximum absolute atomic E-state index is 10.9. The van der Waals surface area contributed by atoms with Crippen LogP contribution in [0.4, 0.5) is 5.69 Å². The molecule has 1 amide bonds. The van der Waals surface area contributed by atoms with Crippen molar-refractivity contribution >= 4 is 11.6 Å². The number of amides is 1. The number of carbonyl (C=O) groups is 1. The second-order valence-electron chi connectivity index (χ2n) is 6.64. The van der Waals surface area contributed by atoms with Crippen LogP contribution in [-0.4, -0.2) is 11.9 Å². The molecule has 0 bridgehead atoms. The molecule has 3 N–H and O–H groups in total. The highest BCUT2D eigenvalue weighted by Gasteiger charge is 2.36. The Morgan fingerprint density at radius 3 is 2.42 bits per heavy atom. The summed E-state index contributed by atoms with van der Waals surface area (Å²) < 4.78 is 0. The lowest BCUT2D eigenvalue weighted by atomic mass is 9.91. The van der Waals surface area contributed by atoms with Crippen LogP contribution in [0.15, 0.2) is 24.3 Å². The molecule has 0 spiro atoms. The van der Waals surface area contributed by atoms with Gasteiger partial charge in [-0.1, -0.05) is 32.9 Å². The topological polar surface area (TPSA) is 55.1 Å². The Kier molecular flexibility index (Phi) is 3.83. The normalized spacial score (nSPS) is 25.2. The van der Waals surface area contributed by atoms with Crippen molar-refractivity contribution in [2.45, 2.75) is 46.1 Å². The fourth-order valence-corrected chi connectivity index (χ4v) is 3.22. The van der Waals surface area contributed by atoms with Crippen molar-refractivity contribution in [3.8, 4) is 0 Å². The Morgan fingerprint density at radius 1 is 1.32 bits per heavy atom. The molecule has 1 fully saturated rings. The predicted octanol–water partition coefficient (Wildman–Crippen LogP) is 2.95. The van der Waals surface area contributed by atoms with Crippen molar-refractivity contribution in [2.75, 3.05) is 5.32 Å². The molecular formula is C16H24N2O. The lowest BCUT2D eigenvalue weighted by molar-refractivity contribution is -0.117. The minimum Gasteiger partial charge on any atom is -0.382 e. The molecule has 19 heavy (non-hydrogen) atoms. The third-order valence-corrected chi connectivity index (χ3v) is 4.02. The van der Waals surface area contributed by atoms with Gasteiger partial charge in [-0.25, -0.2) is 0 Å². The molecule has 0 aliphatic heterocycles. The third kappa shape index (κ3) is 3.72. The van der Waals surface area contributed by atoms with Gasteiger partial charge >= 0.3 is 0 Å². The van der Waals surface area contributed by atoms with Crippen LogP contribution in [-0.2, 0) is 11.2 Å². The van der Waals surface area contributed by atoms with Crippen molar-refractivity contribution in [1.29, 1.82) is 0 Å². The Balaban J connectivity index is 1.98. The molecule has 0 heterocycles. The highest BCUT2D eigenvalue weighted by atomic mass is 16.1. The Bertz CT molecular complexity index is 450. The van der Waals surface area contributed by atoms with Crippen molar-refractivity contribution < 1.29 is 4.79 Å². The van der Waals surface area contributed by atoms with Crippen LogP contribution in [0.3, 0.4) is 0 Å². The average Bonchev–Trinajstić information content (AvgIpc) is 2.54. The van der Waals surface area contributed by atoms with Crippen molar-refractivity contribution in [1.82, 2.24) is 0 Å². The lowest BCUT2D eigenvalue weighted by Gasteiger charge is -2.20. The highest BCUT2D eigenvalue weighted by Crippen LogP contribution is 2.42. The molecule has 1 aliphatic rings. The van der Waals surface area contributed by atoms with E-state index < -0.39 is 0 Å². The quantitative estimate of drug-likeness (QED) is 0.874. The van der Waals surface area contributed by atoms with Gasteiger partial charge in [0.25, 0.3) is 0 Å². The van der Waals surface area contributed by atoms with Gasteiger partial charge in [0.05, 0.1) is 6.42 Å². The summed E-state index contributed by atoms with van der Waals surface area (Å²) in [6, 6.07) is 8.56. The maximum atomic E-state index is 10.9. The first-order valence-corrected chi connectivity index (χ1v) is 6.99. The molecule has 0 radical (unpaired) electrons. The van der Waals surface area contributed by atoms with Crippen LogP contribution in [0.25, 0.3) is 0 Å². The lowest BCUT2D eigenvalue weighted by Crippen LogP contribution is -2.22. The summed E-state index contributed by atoms with van der Waals surface area (Å²) in [5, 5.41) is 3.61. The summed E-state index contributed by atoms with van der Waals surface area (Å²) in [5.74, 6) is 0.409. The van der Waals surface area contributed by atoms with Crippen LogP contribution < -0.4 is 11.1 Å². The SMILES string of the molecule is C[C@H]1CC(C)(C)C[C@H]1Nc1ccc(CC(N)=O)cc1. The van der Waals surface area contributed by atoms with Crippen LogP contribution in [0, 0.1) is 11.3 Å². The molecule has 3 nitrogen and oxygen atoms in total. The van der Waals surface area contributed by atoms with Crippen molar-refractivity contribution in [3.63, 3.8) is 0 Å². The third-order valence-electron chi connectivity index (χ3n) is 4.02. The summed E-state index contributed by atoms with van der Waals surface area (Å²) in [6.45, 7) is 6.98. The van der Waals surface area contributed by atoms with E-state index in [-0.39, 0.29) is 5.91 Å². The fourth-order valence-electron chi connectivity index (χ4n) is 3.22. The second kappa shape index (κ2) is 5.24. The zero-order valence-electron chi connectivity index (χ0n) is 12.1. The molecule has 0 saturated heterocycles. The number of rotatable bonds is 4. The Hall–Kier alpha value is -1.51. The molecule has 1 aliphatic carbocycles. The standard InChI is InChI=1S/C16H24N2O/c1-11-9-16(2,3)10-14(11)18-13-6-4-12(5-7-13)8-15(17)19/h4-7,11,14,18H,8-10H2,1-3H3,(H2,17,19)/t11-,14+/m0/s1. The summed E-state index contributed by atoms with van der Waals surface area (Å²) in [5.41, 5.74) is 7.72. The van der Waals surface area contributed by atoms with E-state index in [1.54, 1.807) is 0 Å². The first-order valence-electron chi connectivity index (χ1n) is 6.99. The van der Waals surface area contributed by atoms with Crippen molar-refractivity contribution in [2.24, 2.45) is 17.1 Å². The van der Waals surface area contributed by atoms with Gasteiger partial charge in [0, 0.05) is 11.7 Å². The monoisotopic (exact) mass is 260 g/mol. The summed E-state index contributed by atoms with van der Waals surface area (Å²) in [7, 11) is 0. The number of hydrogen-bond acceptors (Lipinski definition) is 2. The molecule has 1 aromatic rings. The zero-order chi connectivity index (χ0) is 14.0. The molecule has 3 heteroatoms. The van der Waals surface area contributed by atoms with E-state index in [9.17, 15) is 4.79 Å². The molecule has 1 aromatic carbocycles. The smallest absolute Gasteiger partial charge is 0.221 e. The predicted molar refractivity (Wildman–Crippen MR) is 78.9 cm³/mol. The number of hydrogen-bond donors (Lipinski definition) is 2. The second-order valence-corrected chi connectivity index (χ2v) is 6.64. The van der Waals surface area contributed by atoms with E-state index in [4.69, 9.17) is 5.73 Å². The number of primary amides is 1. The van der Waals surface area contributed by atoms with Crippen LogP contribution in [0.1, 0.15) is 39.2 Å². The van der Waals surface area contributed by atoms with E-state index in [0.717, 1.165) is 11.3 Å². The summed E-state index contributed by atoms with van der Waals surface area (Å²) >= 11 is 0. The highest BCUT2D eigenvalue weighted by molar-refractivity contribution is 5.76. The number of carbonyl (C=O) groups excluding carboxylic acids is 1. The Labute approximate surface area is 115 Å². The average molecular weight is 260 g/mol. The molecule has 2 rings (SSSR count). The van der Waals surface area contributed by atoms with Crippen molar-refractivity contribution in [3.05, 3.63) is 29.8 Å². The minimum atomic E-state index is -0.285. The summed E-state index contributed by atoms with van der Waals surface area (Å²) in [4.78, 5) is 10.9. The molecular weight excluding hydrogens is 236 g/mol. The number of nitrogens with two attached hydrogens (primary N) is 1. The molecule has 2 atom stereocenters.